The van der Waals surface area contributed by atoms with Crippen molar-refractivity contribution < 1.29 is 20.1 Å². The number of aliphatic hydroxyl groups excluding tert-OH is 3. The average Bonchev–Trinajstić information content (AvgIpc) is 2.09. The van der Waals surface area contributed by atoms with Crippen molar-refractivity contribution in [1.29, 1.82) is 0 Å². The molecule has 3 unspecified atom stereocenters. The number of hydrogen-bond donors (Lipinski definition) is 3. The van der Waals surface area contributed by atoms with Gasteiger partial charge in [-0.1, -0.05) is 0 Å². The highest BCUT2D eigenvalue weighted by Gasteiger charge is 2.35. The monoisotopic (exact) mass is 176 g/mol. The molecule has 0 bridgehead atoms. The molecule has 1 fully saturated rings. The smallest absolute Gasteiger partial charge is 0.0851 e. The lowest BCUT2D eigenvalue weighted by Crippen LogP contribution is -2.44. The van der Waals surface area contributed by atoms with Crippen LogP contribution in [0, 0.1) is 5.92 Å². The predicted molar refractivity (Wildman–Crippen MR) is 42.6 cm³/mol. The second-order valence-corrected chi connectivity index (χ2v) is 3.33. The summed E-state index contributed by atoms with van der Waals surface area (Å²) in [5.41, 5.74) is 0. The molecule has 0 spiro atoms. The maximum atomic E-state index is 9.39. The summed E-state index contributed by atoms with van der Waals surface area (Å²) in [7, 11) is 1.57. The third kappa shape index (κ3) is 1.95. The molecule has 0 saturated heterocycles. The van der Waals surface area contributed by atoms with Crippen LogP contribution in [0.15, 0.2) is 0 Å². The molecule has 4 atom stereocenters. The second-order valence-electron chi connectivity index (χ2n) is 3.33. The quantitative estimate of drug-likeness (QED) is 0.511. The summed E-state index contributed by atoms with van der Waals surface area (Å²) in [4.78, 5) is 0. The Bertz CT molecular complexity index is 139. The van der Waals surface area contributed by atoms with E-state index in [0.29, 0.717) is 12.8 Å². The van der Waals surface area contributed by atoms with Gasteiger partial charge in [-0.15, -0.1) is 0 Å². The first kappa shape index (κ1) is 9.92. The van der Waals surface area contributed by atoms with Gasteiger partial charge in [0.25, 0.3) is 0 Å². The summed E-state index contributed by atoms with van der Waals surface area (Å²) in [5, 5.41) is 27.6. The summed E-state index contributed by atoms with van der Waals surface area (Å²) < 4.78 is 5.06. The number of aliphatic hydroxyl groups is 3. The number of ether oxygens (including phenoxy) is 1. The van der Waals surface area contributed by atoms with E-state index in [9.17, 15) is 10.2 Å². The third-order valence-electron chi connectivity index (χ3n) is 2.52. The van der Waals surface area contributed by atoms with Crippen LogP contribution in [0.4, 0.5) is 0 Å². The highest BCUT2D eigenvalue weighted by molar-refractivity contribution is 4.86. The van der Waals surface area contributed by atoms with E-state index < -0.39 is 12.2 Å². The normalized spacial score (nSPS) is 43.0. The van der Waals surface area contributed by atoms with Crippen molar-refractivity contribution >= 4 is 0 Å². The maximum Gasteiger partial charge on any atom is 0.0851 e. The van der Waals surface area contributed by atoms with Gasteiger partial charge in [0, 0.05) is 26.1 Å². The highest BCUT2D eigenvalue weighted by atomic mass is 16.5. The molecule has 1 rings (SSSR count). The lowest BCUT2D eigenvalue weighted by Gasteiger charge is -2.35. The average molecular weight is 176 g/mol. The van der Waals surface area contributed by atoms with Crippen LogP contribution in [0.5, 0.6) is 0 Å². The van der Waals surface area contributed by atoms with Crippen molar-refractivity contribution in [2.45, 2.75) is 31.2 Å². The van der Waals surface area contributed by atoms with Gasteiger partial charge < -0.3 is 20.1 Å². The van der Waals surface area contributed by atoms with Crippen molar-refractivity contribution in [3.8, 4) is 0 Å². The fourth-order valence-corrected chi connectivity index (χ4v) is 1.67. The zero-order chi connectivity index (χ0) is 9.14. The van der Waals surface area contributed by atoms with Crippen molar-refractivity contribution in [1.82, 2.24) is 0 Å². The van der Waals surface area contributed by atoms with Crippen molar-refractivity contribution in [2.75, 3.05) is 13.7 Å². The molecule has 4 heteroatoms. The Kier molecular flexibility index (Phi) is 3.46. The van der Waals surface area contributed by atoms with Gasteiger partial charge >= 0.3 is 0 Å². The molecule has 1 aliphatic rings. The van der Waals surface area contributed by atoms with E-state index >= 15 is 0 Å². The molecular formula is C8H16O4. The van der Waals surface area contributed by atoms with Crippen molar-refractivity contribution in [2.24, 2.45) is 5.92 Å². The topological polar surface area (TPSA) is 69.9 Å². The van der Waals surface area contributed by atoms with E-state index in [1.807, 2.05) is 0 Å². The maximum absolute atomic E-state index is 9.39. The molecule has 0 heterocycles. The lowest BCUT2D eigenvalue weighted by molar-refractivity contribution is -0.103. The van der Waals surface area contributed by atoms with Crippen LogP contribution in [0.1, 0.15) is 12.8 Å². The molecule has 72 valence electrons. The van der Waals surface area contributed by atoms with E-state index in [1.54, 1.807) is 7.11 Å². The van der Waals surface area contributed by atoms with Gasteiger partial charge in [-0.25, -0.2) is 0 Å². The second kappa shape index (κ2) is 4.18. The molecule has 1 saturated carbocycles. The molecule has 0 aromatic carbocycles. The molecule has 0 aliphatic heterocycles. The summed E-state index contributed by atoms with van der Waals surface area (Å²) in [5.74, 6) is -0.251. The minimum absolute atomic E-state index is 0.0412. The van der Waals surface area contributed by atoms with Crippen LogP contribution < -0.4 is 0 Å². The molecular weight excluding hydrogens is 160 g/mol. The first-order valence-electron chi connectivity index (χ1n) is 4.18. The Morgan fingerprint density at radius 1 is 1.33 bits per heavy atom. The summed E-state index contributed by atoms with van der Waals surface area (Å²) >= 11 is 0. The molecule has 4 nitrogen and oxygen atoms in total. The fourth-order valence-electron chi connectivity index (χ4n) is 1.67. The minimum atomic E-state index is -0.804. The Morgan fingerprint density at radius 3 is 2.50 bits per heavy atom. The Morgan fingerprint density at radius 2 is 2.00 bits per heavy atom. The SMILES string of the molecule is COC1CC(O)[C@@H](O)C(CO)C1. The van der Waals surface area contributed by atoms with Crippen LogP contribution in [0.25, 0.3) is 0 Å². The molecule has 0 radical (unpaired) electrons. The third-order valence-corrected chi connectivity index (χ3v) is 2.52. The van der Waals surface area contributed by atoms with Crippen LogP contribution >= 0.6 is 0 Å². The van der Waals surface area contributed by atoms with E-state index in [0.717, 1.165) is 0 Å². The standard InChI is InChI=1S/C8H16O4/c1-12-6-2-5(4-9)8(11)7(10)3-6/h5-11H,2-4H2,1H3/t5?,6?,7?,8-/m0/s1. The number of methoxy groups -OCH3 is 1. The first-order valence-corrected chi connectivity index (χ1v) is 4.18. The number of rotatable bonds is 2. The molecule has 0 aromatic rings. The van der Waals surface area contributed by atoms with Crippen LogP contribution in [0.2, 0.25) is 0 Å². The summed E-state index contributed by atoms with van der Waals surface area (Å²) in [6, 6.07) is 0. The Balaban J connectivity index is 2.52. The first-order chi connectivity index (χ1) is 5.69. The summed E-state index contributed by atoms with van der Waals surface area (Å²) in [6.45, 7) is -0.0991. The van der Waals surface area contributed by atoms with Gasteiger partial charge in [-0.05, 0) is 6.42 Å². The van der Waals surface area contributed by atoms with E-state index in [1.165, 1.54) is 0 Å². The van der Waals surface area contributed by atoms with Gasteiger partial charge in [0.05, 0.1) is 18.3 Å². The number of hydrogen-bond acceptors (Lipinski definition) is 4. The van der Waals surface area contributed by atoms with Gasteiger partial charge in [-0.2, -0.15) is 0 Å². The predicted octanol–water partition coefficient (Wildman–Crippen LogP) is -0.875. The van der Waals surface area contributed by atoms with Crippen LogP contribution in [-0.4, -0.2) is 47.3 Å². The molecule has 0 aromatic heterocycles. The highest BCUT2D eigenvalue weighted by Crippen LogP contribution is 2.26. The molecule has 12 heavy (non-hydrogen) atoms. The van der Waals surface area contributed by atoms with Crippen LogP contribution in [-0.2, 0) is 4.74 Å². The molecule has 0 amide bonds. The van der Waals surface area contributed by atoms with Crippen molar-refractivity contribution in [3.05, 3.63) is 0 Å². The minimum Gasteiger partial charge on any atom is -0.396 e. The Hall–Kier alpha value is -0.160. The van der Waals surface area contributed by atoms with Gasteiger partial charge in [-0.3, -0.25) is 0 Å². The van der Waals surface area contributed by atoms with Crippen molar-refractivity contribution in [3.63, 3.8) is 0 Å². The fraction of sp³-hybridized carbons (Fsp3) is 1.00. The zero-order valence-corrected chi connectivity index (χ0v) is 7.18. The lowest BCUT2D eigenvalue weighted by atomic mass is 9.83. The van der Waals surface area contributed by atoms with Gasteiger partial charge in [0.15, 0.2) is 0 Å². The summed E-state index contributed by atoms with van der Waals surface area (Å²) in [6.07, 6.45) is -0.540. The zero-order valence-electron chi connectivity index (χ0n) is 7.18. The molecule has 1 aliphatic carbocycles. The van der Waals surface area contributed by atoms with E-state index in [2.05, 4.69) is 0 Å². The van der Waals surface area contributed by atoms with E-state index in [-0.39, 0.29) is 18.6 Å². The largest absolute Gasteiger partial charge is 0.396 e. The van der Waals surface area contributed by atoms with Crippen LogP contribution in [0.3, 0.4) is 0 Å². The van der Waals surface area contributed by atoms with E-state index in [4.69, 9.17) is 9.84 Å². The van der Waals surface area contributed by atoms with Gasteiger partial charge in [0.1, 0.15) is 0 Å². The Labute approximate surface area is 71.8 Å². The molecule has 3 N–H and O–H groups in total. The van der Waals surface area contributed by atoms with Gasteiger partial charge in [0.2, 0.25) is 0 Å².